The van der Waals surface area contributed by atoms with Crippen LogP contribution < -0.4 is 0 Å². The molecule has 68 valence electrons. The molecular formula is C12H14S. The third-order valence-corrected chi connectivity index (χ3v) is 3.72. The number of benzene rings is 1. The summed E-state index contributed by atoms with van der Waals surface area (Å²) in [6.45, 7) is 2.26. The summed E-state index contributed by atoms with van der Waals surface area (Å²) in [6.07, 6.45) is 3.93. The molecule has 0 aliphatic heterocycles. The smallest absolute Gasteiger partial charge is 0.0119 e. The fourth-order valence-electron chi connectivity index (χ4n) is 1.64. The molecule has 0 aromatic heterocycles. The zero-order valence-electron chi connectivity index (χ0n) is 7.92. The van der Waals surface area contributed by atoms with E-state index in [9.17, 15) is 0 Å². The van der Waals surface area contributed by atoms with Crippen LogP contribution in [0.2, 0.25) is 0 Å². The molecule has 0 saturated carbocycles. The van der Waals surface area contributed by atoms with Gasteiger partial charge in [-0.3, -0.25) is 0 Å². The van der Waals surface area contributed by atoms with E-state index in [2.05, 4.69) is 37.3 Å². The first-order chi connectivity index (χ1) is 6.36. The van der Waals surface area contributed by atoms with Crippen molar-refractivity contribution >= 4 is 11.8 Å². The van der Waals surface area contributed by atoms with Crippen LogP contribution in [0.15, 0.2) is 45.7 Å². The number of allylic oxidation sites excluding steroid dienone is 2. The van der Waals surface area contributed by atoms with Gasteiger partial charge in [0, 0.05) is 4.90 Å². The maximum Gasteiger partial charge on any atom is 0.0119 e. The van der Waals surface area contributed by atoms with Crippen molar-refractivity contribution in [3.8, 4) is 0 Å². The molecule has 0 amide bonds. The maximum absolute atomic E-state index is 2.26. The molecule has 0 radical (unpaired) electrons. The van der Waals surface area contributed by atoms with Crippen LogP contribution in [0, 0.1) is 0 Å². The third kappa shape index (κ3) is 2.16. The third-order valence-electron chi connectivity index (χ3n) is 2.42. The molecule has 0 N–H and O–H groups in total. The quantitative estimate of drug-likeness (QED) is 0.672. The van der Waals surface area contributed by atoms with E-state index in [1.807, 2.05) is 11.8 Å². The minimum Gasteiger partial charge on any atom is -0.0946 e. The predicted octanol–water partition coefficient (Wildman–Crippen LogP) is 4.24. The maximum atomic E-state index is 2.26. The van der Waals surface area contributed by atoms with Gasteiger partial charge < -0.3 is 0 Å². The molecule has 1 aromatic rings. The van der Waals surface area contributed by atoms with Crippen molar-refractivity contribution in [2.45, 2.75) is 31.1 Å². The van der Waals surface area contributed by atoms with Gasteiger partial charge in [0.25, 0.3) is 0 Å². The van der Waals surface area contributed by atoms with Gasteiger partial charge in [0.1, 0.15) is 0 Å². The fraction of sp³-hybridized carbons (Fsp3) is 0.333. The Morgan fingerprint density at radius 2 is 1.85 bits per heavy atom. The first-order valence-electron chi connectivity index (χ1n) is 4.78. The van der Waals surface area contributed by atoms with Gasteiger partial charge in [-0.2, -0.15) is 0 Å². The van der Waals surface area contributed by atoms with Crippen LogP contribution in [-0.4, -0.2) is 0 Å². The summed E-state index contributed by atoms with van der Waals surface area (Å²) in [5.41, 5.74) is 1.59. The Morgan fingerprint density at radius 3 is 2.46 bits per heavy atom. The molecule has 0 unspecified atom stereocenters. The molecule has 0 heterocycles. The van der Waals surface area contributed by atoms with Crippen LogP contribution >= 0.6 is 11.8 Å². The second-order valence-electron chi connectivity index (χ2n) is 3.47. The summed E-state index contributed by atoms with van der Waals surface area (Å²) in [4.78, 5) is 2.96. The van der Waals surface area contributed by atoms with Crippen LogP contribution in [0.5, 0.6) is 0 Å². The lowest BCUT2D eigenvalue weighted by Crippen LogP contribution is -1.74. The number of hydrogen-bond acceptors (Lipinski definition) is 1. The SMILES string of the molecule is CC1=C(Sc2ccccc2)CCC1. The zero-order chi connectivity index (χ0) is 9.10. The molecule has 0 spiro atoms. The highest BCUT2D eigenvalue weighted by Crippen LogP contribution is 2.38. The Kier molecular flexibility index (Phi) is 2.74. The average Bonchev–Trinajstić information content (AvgIpc) is 2.54. The van der Waals surface area contributed by atoms with Crippen LogP contribution in [0.3, 0.4) is 0 Å². The molecule has 0 nitrogen and oxygen atoms in total. The van der Waals surface area contributed by atoms with Gasteiger partial charge in [-0.15, -0.1) is 0 Å². The summed E-state index contributed by atoms with van der Waals surface area (Å²) in [5, 5.41) is 0. The lowest BCUT2D eigenvalue weighted by Gasteiger charge is -2.02. The van der Waals surface area contributed by atoms with E-state index in [1.54, 1.807) is 10.5 Å². The summed E-state index contributed by atoms with van der Waals surface area (Å²) in [7, 11) is 0. The van der Waals surface area contributed by atoms with Crippen molar-refractivity contribution in [3.63, 3.8) is 0 Å². The largest absolute Gasteiger partial charge is 0.0946 e. The molecule has 0 atom stereocenters. The van der Waals surface area contributed by atoms with Crippen molar-refractivity contribution in [2.75, 3.05) is 0 Å². The lowest BCUT2D eigenvalue weighted by molar-refractivity contribution is 0.904. The van der Waals surface area contributed by atoms with Crippen molar-refractivity contribution in [1.29, 1.82) is 0 Å². The van der Waals surface area contributed by atoms with E-state index < -0.39 is 0 Å². The molecule has 1 aromatic carbocycles. The molecule has 1 heteroatoms. The molecular weight excluding hydrogens is 176 g/mol. The lowest BCUT2D eigenvalue weighted by atomic mass is 10.3. The standard InChI is InChI=1S/C12H14S/c1-10-6-5-9-12(10)13-11-7-3-2-4-8-11/h2-4,7-8H,5-6,9H2,1H3. The topological polar surface area (TPSA) is 0 Å². The first-order valence-corrected chi connectivity index (χ1v) is 5.59. The van der Waals surface area contributed by atoms with Crippen LogP contribution in [0.4, 0.5) is 0 Å². The van der Waals surface area contributed by atoms with E-state index in [4.69, 9.17) is 0 Å². The molecule has 13 heavy (non-hydrogen) atoms. The van der Waals surface area contributed by atoms with Gasteiger partial charge in [0.2, 0.25) is 0 Å². The van der Waals surface area contributed by atoms with E-state index >= 15 is 0 Å². The molecule has 1 aliphatic carbocycles. The Hall–Kier alpha value is -0.690. The van der Waals surface area contributed by atoms with Crippen molar-refractivity contribution < 1.29 is 0 Å². The first kappa shape index (κ1) is 8.89. The van der Waals surface area contributed by atoms with Gasteiger partial charge in [0.15, 0.2) is 0 Å². The second-order valence-corrected chi connectivity index (χ2v) is 4.64. The van der Waals surface area contributed by atoms with Crippen molar-refractivity contribution in [2.24, 2.45) is 0 Å². The number of rotatable bonds is 2. The summed E-state index contributed by atoms with van der Waals surface area (Å²) in [5.74, 6) is 0. The minimum absolute atomic E-state index is 1.28. The average molecular weight is 190 g/mol. The molecule has 1 aliphatic rings. The molecule has 0 bridgehead atoms. The monoisotopic (exact) mass is 190 g/mol. The second kappa shape index (κ2) is 4.01. The number of hydrogen-bond donors (Lipinski definition) is 0. The highest BCUT2D eigenvalue weighted by molar-refractivity contribution is 8.03. The number of thioether (sulfide) groups is 1. The van der Waals surface area contributed by atoms with E-state index in [0.29, 0.717) is 0 Å². The molecule has 0 saturated heterocycles. The van der Waals surface area contributed by atoms with Crippen LogP contribution in [-0.2, 0) is 0 Å². The van der Waals surface area contributed by atoms with E-state index in [0.717, 1.165) is 0 Å². The Bertz CT molecular complexity index is 311. The highest BCUT2D eigenvalue weighted by Gasteiger charge is 2.11. The summed E-state index contributed by atoms with van der Waals surface area (Å²) < 4.78 is 0. The van der Waals surface area contributed by atoms with E-state index in [-0.39, 0.29) is 0 Å². The van der Waals surface area contributed by atoms with Gasteiger partial charge in [0.05, 0.1) is 0 Å². The normalized spacial score (nSPS) is 16.7. The van der Waals surface area contributed by atoms with E-state index in [1.165, 1.54) is 24.2 Å². The Labute approximate surface area is 84.0 Å². The Balaban J connectivity index is 2.11. The Morgan fingerprint density at radius 1 is 1.08 bits per heavy atom. The fourth-order valence-corrected chi connectivity index (χ4v) is 2.74. The summed E-state index contributed by atoms with van der Waals surface area (Å²) in [6, 6.07) is 10.6. The predicted molar refractivity (Wildman–Crippen MR) is 58.9 cm³/mol. The molecule has 2 rings (SSSR count). The van der Waals surface area contributed by atoms with Crippen molar-refractivity contribution in [1.82, 2.24) is 0 Å². The van der Waals surface area contributed by atoms with Gasteiger partial charge >= 0.3 is 0 Å². The zero-order valence-corrected chi connectivity index (χ0v) is 8.73. The highest BCUT2D eigenvalue weighted by atomic mass is 32.2. The minimum atomic E-state index is 1.28. The summed E-state index contributed by atoms with van der Waals surface area (Å²) >= 11 is 1.94. The molecule has 0 fully saturated rings. The van der Waals surface area contributed by atoms with Crippen LogP contribution in [0.25, 0.3) is 0 Å². The van der Waals surface area contributed by atoms with Gasteiger partial charge in [-0.25, -0.2) is 0 Å². The van der Waals surface area contributed by atoms with Crippen molar-refractivity contribution in [3.05, 3.63) is 40.8 Å². The van der Waals surface area contributed by atoms with Gasteiger partial charge in [-0.05, 0) is 43.2 Å². The van der Waals surface area contributed by atoms with Crippen LogP contribution in [0.1, 0.15) is 26.2 Å². The van der Waals surface area contributed by atoms with Gasteiger partial charge in [-0.1, -0.05) is 35.5 Å².